The fourth-order valence-corrected chi connectivity index (χ4v) is 4.55. The average Bonchev–Trinajstić information content (AvgIpc) is 3.24. The Hall–Kier alpha value is -1.53. The zero-order valence-electron chi connectivity index (χ0n) is 15.7. The van der Waals surface area contributed by atoms with Gasteiger partial charge >= 0.3 is 0 Å². The van der Waals surface area contributed by atoms with Crippen molar-refractivity contribution in [3.63, 3.8) is 0 Å². The lowest BCUT2D eigenvalue weighted by Gasteiger charge is -2.34. The summed E-state index contributed by atoms with van der Waals surface area (Å²) in [6.45, 7) is 5.29. The predicted octanol–water partition coefficient (Wildman–Crippen LogP) is 1.92. The molecule has 3 heterocycles. The first-order valence-electron chi connectivity index (χ1n) is 10.3. The van der Waals surface area contributed by atoms with Crippen LogP contribution in [0, 0.1) is 0 Å². The van der Waals surface area contributed by atoms with Gasteiger partial charge in [-0.25, -0.2) is 9.97 Å². The molecule has 1 atom stereocenters. The maximum atomic E-state index is 12.6. The Balaban J connectivity index is 1.32. The third-order valence-corrected chi connectivity index (χ3v) is 6.08. The van der Waals surface area contributed by atoms with Crippen molar-refractivity contribution in [2.24, 2.45) is 0 Å². The van der Waals surface area contributed by atoms with Crippen molar-refractivity contribution in [2.75, 3.05) is 32.7 Å². The number of nitrogens with zero attached hydrogens (tertiary/aromatic N) is 4. The molecule has 1 aromatic rings. The van der Waals surface area contributed by atoms with E-state index in [1.807, 2.05) is 17.3 Å². The van der Waals surface area contributed by atoms with Crippen LogP contribution in [0.3, 0.4) is 0 Å². The summed E-state index contributed by atoms with van der Waals surface area (Å²) in [4.78, 5) is 26.3. The van der Waals surface area contributed by atoms with Crippen molar-refractivity contribution in [1.29, 1.82) is 0 Å². The molecule has 0 spiro atoms. The van der Waals surface area contributed by atoms with Crippen molar-refractivity contribution in [1.82, 2.24) is 25.1 Å². The first-order chi connectivity index (χ1) is 12.8. The highest BCUT2D eigenvalue weighted by atomic mass is 16.2. The maximum absolute atomic E-state index is 12.6. The summed E-state index contributed by atoms with van der Waals surface area (Å²) in [5.41, 5.74) is 1.15. The summed E-state index contributed by atoms with van der Waals surface area (Å²) < 4.78 is 0. The second kappa shape index (κ2) is 8.44. The first-order valence-corrected chi connectivity index (χ1v) is 10.3. The van der Waals surface area contributed by atoms with Gasteiger partial charge in [0.05, 0.1) is 6.04 Å². The van der Waals surface area contributed by atoms with Gasteiger partial charge in [-0.15, -0.1) is 0 Å². The molecule has 2 saturated heterocycles. The van der Waals surface area contributed by atoms with Gasteiger partial charge in [0.25, 0.3) is 0 Å². The summed E-state index contributed by atoms with van der Waals surface area (Å²) >= 11 is 0. The van der Waals surface area contributed by atoms with Gasteiger partial charge in [-0.3, -0.25) is 9.69 Å². The van der Waals surface area contributed by atoms with E-state index < -0.39 is 0 Å². The second-order valence-corrected chi connectivity index (χ2v) is 8.06. The maximum Gasteiger partial charge on any atom is 0.241 e. The van der Waals surface area contributed by atoms with Gasteiger partial charge < -0.3 is 10.2 Å². The molecule has 1 aromatic heterocycles. The number of carbonyl (C=O) groups is 1. The van der Waals surface area contributed by atoms with Crippen molar-refractivity contribution in [3.8, 4) is 0 Å². The third kappa shape index (κ3) is 4.23. The van der Waals surface area contributed by atoms with Crippen LogP contribution >= 0.6 is 0 Å². The second-order valence-electron chi connectivity index (χ2n) is 8.06. The number of rotatable bonds is 4. The van der Waals surface area contributed by atoms with Crippen LogP contribution in [-0.4, -0.2) is 64.4 Å². The van der Waals surface area contributed by atoms with Gasteiger partial charge in [0.2, 0.25) is 5.91 Å². The molecule has 6 heteroatoms. The van der Waals surface area contributed by atoms with Crippen LogP contribution in [0.5, 0.6) is 0 Å². The number of hydrogen-bond donors (Lipinski definition) is 1. The zero-order valence-corrected chi connectivity index (χ0v) is 15.7. The lowest BCUT2D eigenvalue weighted by Crippen LogP contribution is -2.57. The largest absolute Gasteiger partial charge is 0.341 e. The molecule has 1 amide bonds. The van der Waals surface area contributed by atoms with E-state index in [1.165, 1.54) is 32.1 Å². The van der Waals surface area contributed by atoms with Crippen LogP contribution in [0.4, 0.5) is 0 Å². The van der Waals surface area contributed by atoms with E-state index in [2.05, 4.69) is 20.2 Å². The minimum Gasteiger partial charge on any atom is -0.341 e. The van der Waals surface area contributed by atoms with E-state index in [1.54, 1.807) is 0 Å². The summed E-state index contributed by atoms with van der Waals surface area (Å²) in [5.74, 6) is 1.85. The third-order valence-electron chi connectivity index (χ3n) is 6.08. The van der Waals surface area contributed by atoms with Crippen LogP contribution in [0.1, 0.15) is 62.3 Å². The summed E-state index contributed by atoms with van der Waals surface area (Å²) in [6.07, 6.45) is 12.7. The van der Waals surface area contributed by atoms with Gasteiger partial charge in [0.1, 0.15) is 5.82 Å². The molecule has 26 heavy (non-hydrogen) atoms. The molecular formula is C20H31N5O. The number of carbonyl (C=O) groups excluding carboxylic acids is 1. The number of aromatic nitrogens is 2. The molecule has 6 nitrogen and oxygen atoms in total. The highest BCUT2D eigenvalue weighted by Crippen LogP contribution is 2.30. The monoisotopic (exact) mass is 357 g/mol. The molecule has 3 aliphatic rings. The summed E-state index contributed by atoms with van der Waals surface area (Å²) in [6, 6.07) is -0.0655. The molecule has 0 radical (unpaired) electrons. The van der Waals surface area contributed by atoms with Crippen molar-refractivity contribution < 1.29 is 4.79 Å². The van der Waals surface area contributed by atoms with Crippen LogP contribution in [0.2, 0.25) is 0 Å². The van der Waals surface area contributed by atoms with Crippen molar-refractivity contribution in [3.05, 3.63) is 23.8 Å². The minimum absolute atomic E-state index is 0.0655. The van der Waals surface area contributed by atoms with E-state index >= 15 is 0 Å². The topological polar surface area (TPSA) is 61.4 Å². The number of hydrogen-bond acceptors (Lipinski definition) is 5. The zero-order chi connectivity index (χ0) is 17.8. The molecule has 0 bridgehead atoms. The highest BCUT2D eigenvalue weighted by Gasteiger charge is 2.30. The highest BCUT2D eigenvalue weighted by molar-refractivity contribution is 5.82. The lowest BCUT2D eigenvalue weighted by atomic mass is 9.89. The molecule has 1 aliphatic carbocycles. The molecule has 0 unspecified atom stereocenters. The van der Waals surface area contributed by atoms with E-state index in [0.717, 1.165) is 63.5 Å². The van der Waals surface area contributed by atoms with Crippen LogP contribution in [0.25, 0.3) is 0 Å². The average molecular weight is 358 g/mol. The Bertz CT molecular complexity index is 593. The number of amides is 1. The SMILES string of the molecule is O=C([C@H]1CN(Cc2cnc(C3CCCCC3)nc2)CCN1)N1CCCC1. The van der Waals surface area contributed by atoms with Gasteiger partial charge in [0, 0.05) is 63.1 Å². The van der Waals surface area contributed by atoms with E-state index in [4.69, 9.17) is 0 Å². The fourth-order valence-electron chi connectivity index (χ4n) is 4.55. The lowest BCUT2D eigenvalue weighted by molar-refractivity contribution is -0.133. The molecule has 1 N–H and O–H groups in total. The summed E-state index contributed by atoms with van der Waals surface area (Å²) in [7, 11) is 0. The minimum atomic E-state index is -0.0655. The quantitative estimate of drug-likeness (QED) is 0.892. The number of piperazine rings is 1. The molecule has 0 aromatic carbocycles. The fraction of sp³-hybridized carbons (Fsp3) is 0.750. The van der Waals surface area contributed by atoms with Crippen LogP contribution in [0.15, 0.2) is 12.4 Å². The Labute approximate surface area is 156 Å². The van der Waals surface area contributed by atoms with Gasteiger partial charge in [-0.05, 0) is 25.7 Å². The normalized spacial score (nSPS) is 25.5. The molecule has 1 saturated carbocycles. The predicted molar refractivity (Wildman–Crippen MR) is 101 cm³/mol. The van der Waals surface area contributed by atoms with Crippen molar-refractivity contribution in [2.45, 2.75) is 63.5 Å². The Kier molecular flexibility index (Phi) is 5.80. The van der Waals surface area contributed by atoms with Crippen LogP contribution in [-0.2, 0) is 11.3 Å². The number of likely N-dealkylation sites (tertiary alicyclic amines) is 1. The molecule has 4 rings (SSSR count). The van der Waals surface area contributed by atoms with Crippen LogP contribution < -0.4 is 5.32 Å². The number of nitrogens with one attached hydrogen (secondary N) is 1. The molecule has 142 valence electrons. The van der Waals surface area contributed by atoms with Gasteiger partial charge in [-0.2, -0.15) is 0 Å². The van der Waals surface area contributed by atoms with E-state index in [9.17, 15) is 4.79 Å². The molecule has 2 aliphatic heterocycles. The summed E-state index contributed by atoms with van der Waals surface area (Å²) in [5, 5.41) is 3.40. The van der Waals surface area contributed by atoms with E-state index in [-0.39, 0.29) is 11.9 Å². The Morgan fingerprint density at radius 1 is 1.04 bits per heavy atom. The first kappa shape index (κ1) is 17.9. The smallest absolute Gasteiger partial charge is 0.241 e. The standard InChI is InChI=1S/C20H31N5O/c26-20(25-9-4-5-10-25)18-15-24(11-8-21-18)14-16-12-22-19(23-13-16)17-6-2-1-3-7-17/h12-13,17-18,21H,1-11,14-15H2/t18-/m1/s1. The molecular weight excluding hydrogens is 326 g/mol. The Morgan fingerprint density at radius 2 is 1.77 bits per heavy atom. The Morgan fingerprint density at radius 3 is 2.50 bits per heavy atom. The van der Waals surface area contributed by atoms with E-state index in [0.29, 0.717) is 5.92 Å². The van der Waals surface area contributed by atoms with Crippen molar-refractivity contribution >= 4 is 5.91 Å². The van der Waals surface area contributed by atoms with Gasteiger partial charge in [0.15, 0.2) is 0 Å². The molecule has 3 fully saturated rings. The van der Waals surface area contributed by atoms with Gasteiger partial charge in [-0.1, -0.05) is 19.3 Å².